The summed E-state index contributed by atoms with van der Waals surface area (Å²) in [6.07, 6.45) is 5.35. The predicted molar refractivity (Wildman–Crippen MR) is 84.3 cm³/mol. The van der Waals surface area contributed by atoms with Crippen molar-refractivity contribution in [2.45, 2.75) is 38.7 Å². The zero-order valence-corrected chi connectivity index (χ0v) is 13.0. The monoisotopic (exact) mass is 303 g/mol. The third-order valence-corrected chi connectivity index (χ3v) is 5.27. The number of rotatable bonds is 4. The van der Waals surface area contributed by atoms with E-state index in [4.69, 9.17) is 9.84 Å². The van der Waals surface area contributed by atoms with Crippen LogP contribution in [0.15, 0.2) is 30.3 Å². The van der Waals surface area contributed by atoms with Gasteiger partial charge in [-0.1, -0.05) is 30.3 Å². The summed E-state index contributed by atoms with van der Waals surface area (Å²) in [6, 6.07) is 9.79. The molecule has 1 aliphatic heterocycles. The fourth-order valence-electron chi connectivity index (χ4n) is 3.93. The van der Waals surface area contributed by atoms with Crippen molar-refractivity contribution in [2.75, 3.05) is 19.7 Å². The number of ether oxygens (including phenoxy) is 1. The Bertz CT molecular complexity index is 486. The number of hydrogen-bond donors (Lipinski definition) is 1. The highest BCUT2D eigenvalue weighted by Crippen LogP contribution is 2.53. The van der Waals surface area contributed by atoms with Gasteiger partial charge in [-0.15, -0.1) is 0 Å². The fraction of sp³-hybridized carbons (Fsp3) is 0.611. The van der Waals surface area contributed by atoms with Gasteiger partial charge in [-0.05, 0) is 49.0 Å². The van der Waals surface area contributed by atoms with Crippen LogP contribution in [0.25, 0.3) is 0 Å². The summed E-state index contributed by atoms with van der Waals surface area (Å²) in [7, 11) is 0. The molecular formula is C18H25NO3. The Labute approximate surface area is 132 Å². The summed E-state index contributed by atoms with van der Waals surface area (Å²) in [5.41, 5.74) is 1.46. The average molecular weight is 303 g/mol. The summed E-state index contributed by atoms with van der Waals surface area (Å²) in [5, 5.41) is 8.99. The number of benzene rings is 1. The van der Waals surface area contributed by atoms with E-state index >= 15 is 0 Å². The van der Waals surface area contributed by atoms with Crippen LogP contribution in [0, 0.1) is 11.3 Å². The van der Waals surface area contributed by atoms with Gasteiger partial charge in [0.15, 0.2) is 0 Å². The second kappa shape index (κ2) is 6.69. The van der Waals surface area contributed by atoms with E-state index in [2.05, 4.69) is 0 Å². The normalized spacial score (nSPS) is 20.7. The molecule has 4 heteroatoms. The zero-order valence-electron chi connectivity index (χ0n) is 13.0. The van der Waals surface area contributed by atoms with Crippen LogP contribution in [0.1, 0.15) is 37.7 Å². The van der Waals surface area contributed by atoms with Gasteiger partial charge in [0.1, 0.15) is 6.61 Å². The molecule has 0 bridgehead atoms. The lowest BCUT2D eigenvalue weighted by atomic mass is 9.57. The number of aliphatic hydroxyl groups excluding tert-OH is 1. The maximum absolute atomic E-state index is 12.1. The van der Waals surface area contributed by atoms with Crippen molar-refractivity contribution in [2.24, 2.45) is 11.3 Å². The van der Waals surface area contributed by atoms with Gasteiger partial charge in [0.2, 0.25) is 0 Å². The van der Waals surface area contributed by atoms with Crippen LogP contribution in [-0.2, 0) is 11.3 Å². The highest BCUT2D eigenvalue weighted by molar-refractivity contribution is 5.67. The first kappa shape index (κ1) is 15.3. The molecule has 3 rings (SSSR count). The fourth-order valence-corrected chi connectivity index (χ4v) is 3.93. The molecular weight excluding hydrogens is 278 g/mol. The van der Waals surface area contributed by atoms with Crippen LogP contribution in [0.4, 0.5) is 4.79 Å². The highest BCUT2D eigenvalue weighted by atomic mass is 16.6. The van der Waals surface area contributed by atoms with E-state index in [1.807, 2.05) is 35.2 Å². The maximum Gasteiger partial charge on any atom is 0.410 e. The maximum atomic E-state index is 12.1. The van der Waals surface area contributed by atoms with Gasteiger partial charge < -0.3 is 14.7 Å². The molecule has 1 aromatic carbocycles. The molecule has 4 nitrogen and oxygen atoms in total. The standard InChI is InChI=1S/C18H25NO3/c20-11-6-16-12-18(13-16)7-9-19(10-8-18)17(21)22-14-15-4-2-1-3-5-15/h1-5,16,20H,6-14H2. The van der Waals surface area contributed by atoms with Gasteiger partial charge in [0, 0.05) is 19.7 Å². The second-order valence-corrected chi connectivity index (χ2v) is 6.81. The zero-order chi connectivity index (χ0) is 15.4. The minimum Gasteiger partial charge on any atom is -0.445 e. The second-order valence-electron chi connectivity index (χ2n) is 6.81. The van der Waals surface area contributed by atoms with Crippen LogP contribution in [0.2, 0.25) is 0 Å². The van der Waals surface area contributed by atoms with Crippen molar-refractivity contribution in [1.29, 1.82) is 0 Å². The molecule has 0 atom stereocenters. The summed E-state index contributed by atoms with van der Waals surface area (Å²) in [6.45, 7) is 2.26. The van der Waals surface area contributed by atoms with Crippen molar-refractivity contribution >= 4 is 6.09 Å². The number of amides is 1. The number of piperidine rings is 1. The molecule has 1 aliphatic carbocycles. The molecule has 1 saturated carbocycles. The third kappa shape index (κ3) is 3.43. The average Bonchev–Trinajstić information content (AvgIpc) is 2.53. The Morgan fingerprint density at radius 2 is 1.91 bits per heavy atom. The van der Waals surface area contributed by atoms with E-state index in [1.165, 1.54) is 12.8 Å². The summed E-state index contributed by atoms with van der Waals surface area (Å²) < 4.78 is 5.40. The number of aliphatic hydroxyl groups is 1. The minimum absolute atomic E-state index is 0.190. The van der Waals surface area contributed by atoms with E-state index in [9.17, 15) is 4.79 Å². The summed E-state index contributed by atoms with van der Waals surface area (Å²) in [4.78, 5) is 14.0. The van der Waals surface area contributed by atoms with Crippen molar-refractivity contribution in [3.8, 4) is 0 Å². The summed E-state index contributed by atoms with van der Waals surface area (Å²) >= 11 is 0. The van der Waals surface area contributed by atoms with E-state index < -0.39 is 0 Å². The van der Waals surface area contributed by atoms with E-state index in [0.29, 0.717) is 24.5 Å². The predicted octanol–water partition coefficient (Wildman–Crippen LogP) is 3.20. The number of likely N-dealkylation sites (tertiary alicyclic amines) is 1. The Morgan fingerprint density at radius 3 is 2.55 bits per heavy atom. The first-order valence-electron chi connectivity index (χ1n) is 8.27. The first-order valence-corrected chi connectivity index (χ1v) is 8.27. The SMILES string of the molecule is O=C(OCc1ccccc1)N1CCC2(CC1)CC(CCO)C2. The number of carbonyl (C=O) groups excluding carboxylic acids is 1. The molecule has 1 saturated heterocycles. The molecule has 120 valence electrons. The molecule has 0 radical (unpaired) electrons. The smallest absolute Gasteiger partial charge is 0.410 e. The number of nitrogens with zero attached hydrogens (tertiary/aromatic N) is 1. The molecule has 1 N–H and O–H groups in total. The van der Waals surface area contributed by atoms with Gasteiger partial charge in [-0.25, -0.2) is 4.79 Å². The van der Waals surface area contributed by atoms with Crippen LogP contribution < -0.4 is 0 Å². The molecule has 0 aromatic heterocycles. The molecule has 1 amide bonds. The van der Waals surface area contributed by atoms with Crippen molar-refractivity contribution in [3.63, 3.8) is 0 Å². The lowest BCUT2D eigenvalue weighted by Crippen LogP contribution is -2.48. The topological polar surface area (TPSA) is 49.8 Å². The van der Waals surface area contributed by atoms with Crippen molar-refractivity contribution in [3.05, 3.63) is 35.9 Å². The minimum atomic E-state index is -0.190. The largest absolute Gasteiger partial charge is 0.445 e. The third-order valence-electron chi connectivity index (χ3n) is 5.27. The van der Waals surface area contributed by atoms with Gasteiger partial charge in [0.05, 0.1) is 0 Å². The molecule has 1 aromatic rings. The quantitative estimate of drug-likeness (QED) is 0.929. The number of carbonyl (C=O) groups is 1. The number of hydrogen-bond acceptors (Lipinski definition) is 3. The molecule has 2 fully saturated rings. The molecule has 22 heavy (non-hydrogen) atoms. The summed E-state index contributed by atoms with van der Waals surface area (Å²) in [5.74, 6) is 0.696. The van der Waals surface area contributed by atoms with Crippen LogP contribution in [-0.4, -0.2) is 35.8 Å². The van der Waals surface area contributed by atoms with Crippen LogP contribution in [0.5, 0.6) is 0 Å². The van der Waals surface area contributed by atoms with Gasteiger partial charge in [-0.2, -0.15) is 0 Å². The first-order chi connectivity index (χ1) is 10.7. The lowest BCUT2D eigenvalue weighted by Gasteiger charge is -2.52. The van der Waals surface area contributed by atoms with Crippen LogP contribution in [0.3, 0.4) is 0 Å². The molecule has 2 aliphatic rings. The molecule has 0 unspecified atom stereocenters. The Hall–Kier alpha value is -1.55. The van der Waals surface area contributed by atoms with E-state index in [1.54, 1.807) is 0 Å². The van der Waals surface area contributed by atoms with Gasteiger partial charge in [-0.3, -0.25) is 0 Å². The van der Waals surface area contributed by atoms with Gasteiger partial charge >= 0.3 is 6.09 Å². The Morgan fingerprint density at radius 1 is 1.23 bits per heavy atom. The lowest BCUT2D eigenvalue weighted by molar-refractivity contribution is -0.0212. The van der Waals surface area contributed by atoms with Crippen LogP contribution >= 0.6 is 0 Å². The Kier molecular flexibility index (Phi) is 4.67. The highest BCUT2D eigenvalue weighted by Gasteiger charge is 2.45. The van der Waals surface area contributed by atoms with E-state index in [0.717, 1.165) is 37.9 Å². The molecule has 1 spiro atoms. The van der Waals surface area contributed by atoms with Gasteiger partial charge in [0.25, 0.3) is 0 Å². The Balaban J connectivity index is 1.41. The molecule has 1 heterocycles. The van der Waals surface area contributed by atoms with Crippen molar-refractivity contribution in [1.82, 2.24) is 4.90 Å². The van der Waals surface area contributed by atoms with Crippen molar-refractivity contribution < 1.29 is 14.6 Å². The van der Waals surface area contributed by atoms with E-state index in [-0.39, 0.29) is 6.09 Å².